The molecular formula is C26H35FO. The van der Waals surface area contributed by atoms with E-state index in [2.05, 4.69) is 39.8 Å². The van der Waals surface area contributed by atoms with Gasteiger partial charge in [0.2, 0.25) is 0 Å². The van der Waals surface area contributed by atoms with Gasteiger partial charge in [0.05, 0.1) is 0 Å². The number of hydrogen-bond acceptors (Lipinski definition) is 1. The molecular weight excluding hydrogens is 347 g/mol. The molecule has 1 nitrogen and oxygen atoms in total. The van der Waals surface area contributed by atoms with Crippen molar-refractivity contribution < 1.29 is 9.18 Å². The molecule has 3 rings (SSSR count). The number of benzene rings is 2. The van der Waals surface area contributed by atoms with Crippen molar-refractivity contribution in [1.29, 1.82) is 0 Å². The first kappa shape index (κ1) is 22.3. The first-order valence-electron chi connectivity index (χ1n) is 10.7. The lowest BCUT2D eigenvalue weighted by atomic mass is 9.88. The lowest BCUT2D eigenvalue weighted by Gasteiger charge is -2.17. The average Bonchev–Trinajstić information content (AvgIpc) is 3.05. The van der Waals surface area contributed by atoms with Gasteiger partial charge in [-0.2, -0.15) is 0 Å². The van der Waals surface area contributed by atoms with Crippen LogP contribution in [-0.2, 0) is 24.1 Å². The molecule has 0 aliphatic heterocycles. The zero-order valence-corrected chi connectivity index (χ0v) is 18.1. The van der Waals surface area contributed by atoms with E-state index >= 15 is 0 Å². The van der Waals surface area contributed by atoms with E-state index in [1.54, 1.807) is 5.56 Å². The van der Waals surface area contributed by atoms with Crippen LogP contribution in [-0.4, -0.2) is 6.29 Å². The largest absolute Gasteiger partial charge is 0.304 e. The predicted octanol–water partition coefficient (Wildman–Crippen LogP) is 7.14. The van der Waals surface area contributed by atoms with Crippen molar-refractivity contribution >= 4 is 6.29 Å². The number of aryl methyl sites for hydroxylation is 1. The first-order chi connectivity index (χ1) is 13.4. The van der Waals surface area contributed by atoms with Gasteiger partial charge in [-0.25, -0.2) is 4.39 Å². The Morgan fingerprint density at radius 3 is 2.46 bits per heavy atom. The molecule has 0 heterocycles. The molecule has 1 atom stereocenters. The highest BCUT2D eigenvalue weighted by Gasteiger charge is 2.25. The van der Waals surface area contributed by atoms with Gasteiger partial charge in [0.1, 0.15) is 12.1 Å². The second-order valence-electron chi connectivity index (χ2n) is 8.21. The molecule has 0 radical (unpaired) electrons. The summed E-state index contributed by atoms with van der Waals surface area (Å²) in [5.41, 5.74) is 7.62. The fraction of sp³-hybridized carbons (Fsp3) is 0.500. The van der Waals surface area contributed by atoms with E-state index in [4.69, 9.17) is 4.79 Å². The van der Waals surface area contributed by atoms with Gasteiger partial charge in [0.15, 0.2) is 0 Å². The third kappa shape index (κ3) is 5.10. The molecule has 0 N–H and O–H groups in total. The van der Waals surface area contributed by atoms with Crippen molar-refractivity contribution in [2.75, 3.05) is 0 Å². The van der Waals surface area contributed by atoms with E-state index in [-0.39, 0.29) is 11.7 Å². The van der Waals surface area contributed by atoms with Crippen LogP contribution in [0.25, 0.3) is 0 Å². The molecule has 0 aromatic heterocycles. The van der Waals surface area contributed by atoms with E-state index in [1.165, 1.54) is 55.7 Å². The van der Waals surface area contributed by atoms with Crippen LogP contribution in [0.2, 0.25) is 0 Å². The van der Waals surface area contributed by atoms with Crippen molar-refractivity contribution in [3.63, 3.8) is 0 Å². The molecule has 1 aliphatic rings. The minimum Gasteiger partial charge on any atom is -0.304 e. The summed E-state index contributed by atoms with van der Waals surface area (Å²) in [4.78, 5) is 8.81. The molecule has 0 saturated carbocycles. The smallest absolute Gasteiger partial charge is 0.130 e. The summed E-state index contributed by atoms with van der Waals surface area (Å²) in [5.74, 6) is 0.816. The summed E-state index contributed by atoms with van der Waals surface area (Å²) in [6.45, 7) is 10.1. The number of carbonyl (C=O) groups excluding carboxylic acids is 1. The third-order valence-corrected chi connectivity index (χ3v) is 5.78. The van der Waals surface area contributed by atoms with Crippen LogP contribution in [0.5, 0.6) is 0 Å². The second kappa shape index (κ2) is 10.5. The van der Waals surface area contributed by atoms with Gasteiger partial charge in [-0.15, -0.1) is 0 Å². The lowest BCUT2D eigenvalue weighted by molar-refractivity contribution is -0.106. The summed E-state index contributed by atoms with van der Waals surface area (Å²) in [6.07, 6.45) is 7.57. The fourth-order valence-corrected chi connectivity index (χ4v) is 4.32. The van der Waals surface area contributed by atoms with E-state index < -0.39 is 0 Å². The summed E-state index contributed by atoms with van der Waals surface area (Å²) in [7, 11) is 0. The molecule has 2 aromatic rings. The molecule has 2 aromatic carbocycles. The fourth-order valence-electron chi connectivity index (χ4n) is 4.32. The van der Waals surface area contributed by atoms with E-state index in [0.29, 0.717) is 12.3 Å². The van der Waals surface area contributed by atoms with Crippen LogP contribution in [0, 0.1) is 5.82 Å². The SMILES string of the molecule is CC=O.CCCCc1ccc(Cc2cccc(C(C)C)c2F)c2c1CCC2C. The monoisotopic (exact) mass is 382 g/mol. The Kier molecular flexibility index (Phi) is 8.41. The van der Waals surface area contributed by atoms with Crippen LogP contribution in [0.1, 0.15) is 99.1 Å². The molecule has 0 saturated heterocycles. The zero-order chi connectivity index (χ0) is 20.7. The van der Waals surface area contributed by atoms with Gasteiger partial charge < -0.3 is 4.79 Å². The first-order valence-corrected chi connectivity index (χ1v) is 10.7. The van der Waals surface area contributed by atoms with Crippen molar-refractivity contribution in [3.05, 3.63) is 69.5 Å². The van der Waals surface area contributed by atoms with Crippen LogP contribution in [0.4, 0.5) is 4.39 Å². The summed E-state index contributed by atoms with van der Waals surface area (Å²) >= 11 is 0. The number of halogens is 1. The molecule has 1 unspecified atom stereocenters. The zero-order valence-electron chi connectivity index (χ0n) is 18.1. The maximum absolute atomic E-state index is 14.9. The Labute approximate surface area is 170 Å². The normalized spacial score (nSPS) is 15.2. The second-order valence-corrected chi connectivity index (χ2v) is 8.21. The highest BCUT2D eigenvalue weighted by Crippen LogP contribution is 2.39. The maximum Gasteiger partial charge on any atom is 0.130 e. The van der Waals surface area contributed by atoms with E-state index in [1.807, 2.05) is 18.2 Å². The quantitative estimate of drug-likeness (QED) is 0.485. The molecule has 28 heavy (non-hydrogen) atoms. The number of fused-ring (bicyclic) bond motifs is 1. The number of hydrogen-bond donors (Lipinski definition) is 0. The predicted molar refractivity (Wildman–Crippen MR) is 117 cm³/mol. The number of rotatable bonds is 6. The Hall–Kier alpha value is -1.96. The standard InChI is InChI=1S/C24H31F.C2H4O/c1-5-6-8-18-12-13-19(23-17(4)11-14-22(18)23)15-20-9-7-10-21(16(2)3)24(20)25;1-2-3/h7,9-10,12-13,16-17H,5-6,8,11,14-15H2,1-4H3;2H,1H3. The molecule has 2 heteroatoms. The van der Waals surface area contributed by atoms with Crippen molar-refractivity contribution in [1.82, 2.24) is 0 Å². The summed E-state index contributed by atoms with van der Waals surface area (Å²) in [5, 5.41) is 0. The molecule has 0 bridgehead atoms. The third-order valence-electron chi connectivity index (χ3n) is 5.78. The topological polar surface area (TPSA) is 17.1 Å². The molecule has 0 fully saturated rings. The molecule has 0 amide bonds. The van der Waals surface area contributed by atoms with Gasteiger partial charge in [-0.05, 0) is 77.8 Å². The number of unbranched alkanes of at least 4 members (excludes halogenated alkanes) is 1. The molecule has 152 valence electrons. The minimum absolute atomic E-state index is 0.00744. The van der Waals surface area contributed by atoms with Crippen molar-refractivity contribution in [2.24, 2.45) is 0 Å². The Morgan fingerprint density at radius 2 is 1.82 bits per heavy atom. The summed E-state index contributed by atoms with van der Waals surface area (Å²) in [6, 6.07) is 10.5. The van der Waals surface area contributed by atoms with E-state index in [0.717, 1.165) is 17.4 Å². The number of carbonyl (C=O) groups is 1. The number of aldehydes is 1. The highest BCUT2D eigenvalue weighted by molar-refractivity contribution is 5.48. The van der Waals surface area contributed by atoms with Crippen LogP contribution < -0.4 is 0 Å². The highest BCUT2D eigenvalue weighted by atomic mass is 19.1. The Bertz CT molecular complexity index is 791. The summed E-state index contributed by atoms with van der Waals surface area (Å²) < 4.78 is 14.9. The Morgan fingerprint density at radius 1 is 1.14 bits per heavy atom. The lowest BCUT2D eigenvalue weighted by Crippen LogP contribution is -2.04. The molecule has 0 spiro atoms. The van der Waals surface area contributed by atoms with Crippen molar-refractivity contribution in [3.8, 4) is 0 Å². The van der Waals surface area contributed by atoms with Gasteiger partial charge >= 0.3 is 0 Å². The van der Waals surface area contributed by atoms with Crippen LogP contribution in [0.15, 0.2) is 30.3 Å². The molecule has 1 aliphatic carbocycles. The average molecular weight is 383 g/mol. The van der Waals surface area contributed by atoms with Gasteiger partial charge in [-0.3, -0.25) is 0 Å². The van der Waals surface area contributed by atoms with Crippen LogP contribution in [0.3, 0.4) is 0 Å². The van der Waals surface area contributed by atoms with E-state index in [9.17, 15) is 4.39 Å². The van der Waals surface area contributed by atoms with Gasteiger partial charge in [0.25, 0.3) is 0 Å². The van der Waals surface area contributed by atoms with Gasteiger partial charge in [-0.1, -0.05) is 64.4 Å². The minimum atomic E-state index is -0.00744. The van der Waals surface area contributed by atoms with Gasteiger partial charge in [0, 0.05) is 6.42 Å². The van der Waals surface area contributed by atoms with Crippen LogP contribution >= 0.6 is 0 Å². The Balaban J connectivity index is 0.000000878. The maximum atomic E-state index is 14.9. The van der Waals surface area contributed by atoms with Crippen molar-refractivity contribution in [2.45, 2.75) is 85.0 Å².